The zero-order valence-corrected chi connectivity index (χ0v) is 28.6. The van der Waals surface area contributed by atoms with Gasteiger partial charge in [0.25, 0.3) is 0 Å². The molecule has 231 valence electrons. The molecule has 3 radical (unpaired) electrons. The Morgan fingerprint density at radius 2 is 1.25 bits per heavy atom. The van der Waals surface area contributed by atoms with Crippen molar-refractivity contribution >= 4 is 36.3 Å². The van der Waals surface area contributed by atoms with Crippen LogP contribution in [0.15, 0.2) is 131 Å². The molecule has 4 aromatic carbocycles. The number of Topliss-reactive ketones (excluding diaryl/α,β-unsaturated/α-hetero) is 1. The van der Waals surface area contributed by atoms with Gasteiger partial charge >= 0.3 is 29.6 Å². The van der Waals surface area contributed by atoms with E-state index in [2.05, 4.69) is 20.3 Å². The van der Waals surface area contributed by atoms with Gasteiger partial charge in [0.15, 0.2) is 5.78 Å². The number of carbonyl (C=O) groups excluding carboxylic acids is 1. The fourth-order valence-electron chi connectivity index (χ4n) is 5.29. The van der Waals surface area contributed by atoms with Crippen LogP contribution in [0.3, 0.4) is 0 Å². The van der Waals surface area contributed by atoms with Crippen molar-refractivity contribution in [3.8, 4) is 33.9 Å². The number of fused-ring (bicyclic) bond motifs is 2. The van der Waals surface area contributed by atoms with Crippen molar-refractivity contribution in [3.63, 3.8) is 0 Å². The van der Waals surface area contributed by atoms with Crippen LogP contribution in [0, 0.1) is 0 Å². The van der Waals surface area contributed by atoms with Crippen molar-refractivity contribution in [2.24, 2.45) is 0 Å². The first kappa shape index (κ1) is 34.3. The van der Waals surface area contributed by atoms with Crippen LogP contribution in [-0.2, 0) is 0 Å². The fourth-order valence-corrected chi connectivity index (χ4v) is 5.29. The average Bonchev–Trinajstić information content (AvgIpc) is 3.91. The minimum absolute atomic E-state index is 0. The molecule has 1 N–H and O–H groups in total. The van der Waals surface area contributed by atoms with Crippen molar-refractivity contribution < 1.29 is 49.9 Å². The molecule has 1 atom stereocenters. The number of aliphatic hydroxyl groups excluding tert-OH is 1. The van der Waals surface area contributed by atoms with E-state index in [1.54, 1.807) is 39.0 Å². The van der Waals surface area contributed by atoms with Gasteiger partial charge in [-0.05, 0) is 74.0 Å². The molecule has 48 heavy (non-hydrogen) atoms. The number of hydrogen-bond donors (Lipinski definition) is 1. The van der Waals surface area contributed by atoms with E-state index in [9.17, 15) is 9.90 Å². The standard InChI is InChI=1S/C18H15N3O2.C18H13N3O2.B.Na.H/c2*1-12(22)13-5-6-18-17(10-13)19-11-21(18)15-4-2-3-14(9-15)16-7-8-23-20-16;;;/h2-12,22H,1H3;2-11H,1H3;;;/q;;;+1;-1. The predicted molar refractivity (Wildman–Crippen MR) is 181 cm³/mol. The first-order valence-corrected chi connectivity index (χ1v) is 14.6. The van der Waals surface area contributed by atoms with E-state index in [1.807, 2.05) is 106 Å². The molecule has 0 fully saturated rings. The zero-order valence-electron chi connectivity index (χ0n) is 27.6. The van der Waals surface area contributed by atoms with Crippen LogP contribution >= 0.6 is 0 Å². The van der Waals surface area contributed by atoms with Gasteiger partial charge < -0.3 is 15.6 Å². The molecule has 8 rings (SSSR count). The Hall–Kier alpha value is -5.07. The number of imidazole rings is 2. The first-order chi connectivity index (χ1) is 22.4. The molecule has 0 aliphatic rings. The monoisotopic (exact) mass is 643 g/mol. The van der Waals surface area contributed by atoms with Crippen LogP contribution in [0.2, 0.25) is 0 Å². The number of benzene rings is 4. The van der Waals surface area contributed by atoms with Crippen LogP contribution < -0.4 is 29.6 Å². The normalized spacial score (nSPS) is 11.3. The minimum Gasteiger partial charge on any atom is -1.00 e. The summed E-state index contributed by atoms with van der Waals surface area (Å²) in [5.41, 5.74) is 10.6. The largest absolute Gasteiger partial charge is 1.00 e. The molecule has 0 bridgehead atoms. The van der Waals surface area contributed by atoms with Crippen molar-refractivity contribution in [3.05, 3.63) is 133 Å². The van der Waals surface area contributed by atoms with Gasteiger partial charge in [0.05, 0.1) is 28.2 Å². The summed E-state index contributed by atoms with van der Waals surface area (Å²) in [6, 6.07) is 31.0. The molecule has 4 heterocycles. The SMILES string of the molecule is CC(=O)c1ccc2c(c1)ncn2-c1cccc(-c2ccon2)c1.CC(O)c1ccc2c(c1)ncn2-c1cccc(-c2ccon2)c1.[B].[H-].[Na+]. The van der Waals surface area contributed by atoms with Crippen molar-refractivity contribution in [2.75, 3.05) is 0 Å². The van der Waals surface area contributed by atoms with Gasteiger partial charge in [-0.2, -0.15) is 0 Å². The fraction of sp³-hybridized carbons (Fsp3) is 0.0833. The molecule has 8 aromatic rings. The Bertz CT molecular complexity index is 2300. The number of nitrogens with zero attached hydrogens (tertiary/aromatic N) is 6. The Morgan fingerprint density at radius 3 is 1.73 bits per heavy atom. The van der Waals surface area contributed by atoms with Crippen molar-refractivity contribution in [2.45, 2.75) is 20.0 Å². The molecule has 0 saturated carbocycles. The number of rotatable bonds is 6. The Morgan fingerprint density at radius 1 is 0.729 bits per heavy atom. The summed E-state index contributed by atoms with van der Waals surface area (Å²) < 4.78 is 13.8. The number of ketones is 1. The average molecular weight is 643 g/mol. The number of carbonyl (C=O) groups is 1. The molecule has 4 aromatic heterocycles. The van der Waals surface area contributed by atoms with E-state index >= 15 is 0 Å². The quantitative estimate of drug-likeness (QED) is 0.210. The Kier molecular flexibility index (Phi) is 10.6. The topological polar surface area (TPSA) is 125 Å². The summed E-state index contributed by atoms with van der Waals surface area (Å²) in [7, 11) is 0. The number of aliphatic hydroxyl groups is 1. The molecule has 0 amide bonds. The molecular weight excluding hydrogens is 614 g/mol. The van der Waals surface area contributed by atoms with Gasteiger partial charge in [0.1, 0.15) is 36.6 Å². The van der Waals surface area contributed by atoms with E-state index in [4.69, 9.17) is 9.05 Å². The predicted octanol–water partition coefficient (Wildman–Crippen LogP) is 4.35. The third kappa shape index (κ3) is 6.95. The van der Waals surface area contributed by atoms with Crippen LogP contribution in [0.1, 0.15) is 37.3 Å². The van der Waals surface area contributed by atoms with Crippen LogP contribution in [0.25, 0.3) is 56.0 Å². The molecule has 0 aliphatic heterocycles. The third-order valence-electron chi connectivity index (χ3n) is 7.72. The second-order valence-corrected chi connectivity index (χ2v) is 10.8. The second-order valence-electron chi connectivity index (χ2n) is 10.8. The van der Waals surface area contributed by atoms with Gasteiger partial charge in [-0.15, -0.1) is 0 Å². The van der Waals surface area contributed by atoms with Gasteiger partial charge in [0, 0.05) is 48.6 Å². The number of hydrogen-bond acceptors (Lipinski definition) is 8. The number of aromatic nitrogens is 6. The van der Waals surface area contributed by atoms with E-state index < -0.39 is 6.10 Å². The molecule has 1 unspecified atom stereocenters. The van der Waals surface area contributed by atoms with Crippen LogP contribution in [0.4, 0.5) is 0 Å². The molecule has 0 saturated heterocycles. The zero-order chi connectivity index (χ0) is 31.6. The summed E-state index contributed by atoms with van der Waals surface area (Å²) in [6.45, 7) is 3.30. The van der Waals surface area contributed by atoms with Gasteiger partial charge in [0.2, 0.25) is 0 Å². The smallest absolute Gasteiger partial charge is 1.00 e. The summed E-state index contributed by atoms with van der Waals surface area (Å²) >= 11 is 0. The van der Waals surface area contributed by atoms with E-state index in [0.29, 0.717) is 5.56 Å². The summed E-state index contributed by atoms with van der Waals surface area (Å²) in [6.07, 6.45) is 6.17. The Balaban J connectivity index is 0.000000208. The molecule has 10 nitrogen and oxygen atoms in total. The van der Waals surface area contributed by atoms with Crippen LogP contribution in [0.5, 0.6) is 0 Å². The molecule has 12 heteroatoms. The van der Waals surface area contributed by atoms with Gasteiger partial charge in [-0.25, -0.2) is 9.97 Å². The van der Waals surface area contributed by atoms with Crippen molar-refractivity contribution in [1.82, 2.24) is 29.4 Å². The van der Waals surface area contributed by atoms with Gasteiger partial charge in [-0.1, -0.05) is 40.6 Å². The van der Waals surface area contributed by atoms with Crippen molar-refractivity contribution in [1.29, 1.82) is 0 Å². The summed E-state index contributed by atoms with van der Waals surface area (Å²) in [5, 5.41) is 17.6. The molecular formula is C36H29BN6NaO4. The van der Waals surface area contributed by atoms with Crippen LogP contribution in [-0.4, -0.2) is 48.7 Å². The van der Waals surface area contributed by atoms with E-state index in [1.165, 1.54) is 0 Å². The second kappa shape index (κ2) is 14.8. The minimum atomic E-state index is -0.500. The Labute approximate surface area is 301 Å². The summed E-state index contributed by atoms with van der Waals surface area (Å²) in [4.78, 5) is 20.3. The van der Waals surface area contributed by atoms with E-state index in [-0.39, 0.29) is 45.2 Å². The third-order valence-corrected chi connectivity index (χ3v) is 7.72. The van der Waals surface area contributed by atoms with Gasteiger partial charge in [-0.3, -0.25) is 13.9 Å². The maximum atomic E-state index is 11.5. The van der Waals surface area contributed by atoms with E-state index in [0.717, 1.165) is 61.5 Å². The maximum absolute atomic E-state index is 11.5. The molecule has 0 aliphatic carbocycles. The molecule has 0 spiro atoms. The summed E-state index contributed by atoms with van der Waals surface area (Å²) in [5.74, 6) is 0.0366. The first-order valence-electron chi connectivity index (χ1n) is 14.6. The maximum Gasteiger partial charge on any atom is 1.00 e.